The maximum absolute atomic E-state index is 15.0. The fraction of sp³-hybridized carbons (Fsp3) is 0.634. The van der Waals surface area contributed by atoms with Crippen molar-refractivity contribution in [3.63, 3.8) is 0 Å². The fourth-order valence-corrected chi connectivity index (χ4v) is 9.69. The maximum Gasteiger partial charge on any atom is 0.307 e. The highest BCUT2D eigenvalue weighted by Gasteiger charge is 2.61. The molecule has 13 heteroatoms. The van der Waals surface area contributed by atoms with Crippen LogP contribution in [-0.4, -0.2) is 78.5 Å². The minimum absolute atomic E-state index is 0.0534. The molecule has 0 bridgehead atoms. The van der Waals surface area contributed by atoms with Crippen LogP contribution in [0, 0.1) is 29.1 Å². The number of allylic oxidation sites excluding steroid dienone is 2. The summed E-state index contributed by atoms with van der Waals surface area (Å²) in [6.07, 6.45) is 7.30. The average Bonchev–Trinajstić information content (AvgIpc) is 4.04. The largest absolute Gasteiger partial charge is 0.481 e. The first-order valence-electron chi connectivity index (χ1n) is 19.4. The van der Waals surface area contributed by atoms with E-state index in [0.717, 1.165) is 23.6 Å². The number of nitrogens with zero attached hydrogens (tertiary/aromatic N) is 2. The van der Waals surface area contributed by atoms with Gasteiger partial charge in [0.1, 0.15) is 11.7 Å². The molecule has 4 aliphatic rings. The second-order valence-corrected chi connectivity index (χ2v) is 18.8. The van der Waals surface area contributed by atoms with Gasteiger partial charge in [0.15, 0.2) is 5.78 Å². The number of pyridine rings is 1. The Morgan fingerprint density at radius 2 is 1.83 bits per heavy atom. The summed E-state index contributed by atoms with van der Waals surface area (Å²) >= 11 is 0. The molecule has 1 aromatic carbocycles. The van der Waals surface area contributed by atoms with Gasteiger partial charge in [0, 0.05) is 24.3 Å². The van der Waals surface area contributed by atoms with Crippen molar-refractivity contribution in [3.05, 3.63) is 42.5 Å². The summed E-state index contributed by atoms with van der Waals surface area (Å²) in [5.41, 5.74) is -2.00. The van der Waals surface area contributed by atoms with Gasteiger partial charge in [0.2, 0.25) is 33.6 Å². The fourth-order valence-electron chi connectivity index (χ4n) is 8.30. The van der Waals surface area contributed by atoms with Crippen LogP contribution in [0.5, 0.6) is 11.8 Å². The van der Waals surface area contributed by atoms with Gasteiger partial charge in [0.25, 0.3) is 0 Å². The van der Waals surface area contributed by atoms with Crippen LogP contribution in [0.15, 0.2) is 42.5 Å². The van der Waals surface area contributed by atoms with E-state index in [9.17, 15) is 27.6 Å². The Labute approximate surface area is 318 Å². The van der Waals surface area contributed by atoms with Crippen molar-refractivity contribution in [3.8, 4) is 11.8 Å². The van der Waals surface area contributed by atoms with Gasteiger partial charge in [-0.1, -0.05) is 50.6 Å². The Morgan fingerprint density at radius 3 is 2.52 bits per heavy atom. The maximum atomic E-state index is 15.0. The van der Waals surface area contributed by atoms with Gasteiger partial charge >= 0.3 is 5.97 Å². The number of ether oxygens (including phenoxy) is 3. The van der Waals surface area contributed by atoms with Crippen molar-refractivity contribution in [2.75, 3.05) is 13.7 Å². The summed E-state index contributed by atoms with van der Waals surface area (Å²) in [4.78, 5) is 63.0. The highest BCUT2D eigenvalue weighted by molar-refractivity contribution is 7.90. The average molecular weight is 766 g/mol. The van der Waals surface area contributed by atoms with Crippen LogP contribution in [0.25, 0.3) is 10.8 Å². The second kappa shape index (κ2) is 15.6. The van der Waals surface area contributed by atoms with Crippen molar-refractivity contribution in [2.24, 2.45) is 29.1 Å². The van der Waals surface area contributed by atoms with Gasteiger partial charge in [-0.2, -0.15) is 4.98 Å². The Kier molecular flexibility index (Phi) is 11.5. The molecule has 2 aromatic rings. The number of fused-ring (bicyclic) bond motifs is 3. The zero-order valence-corrected chi connectivity index (χ0v) is 33.2. The van der Waals surface area contributed by atoms with E-state index in [1.54, 1.807) is 26.8 Å². The van der Waals surface area contributed by atoms with Gasteiger partial charge < -0.3 is 19.1 Å². The predicted molar refractivity (Wildman–Crippen MR) is 203 cm³/mol. The number of nitrogens with one attached hydrogen (secondary N) is 1. The first-order chi connectivity index (χ1) is 25.5. The molecule has 1 N–H and O–H groups in total. The van der Waals surface area contributed by atoms with Crippen molar-refractivity contribution in [1.29, 1.82) is 0 Å². The number of rotatable bonds is 9. The molecule has 0 radical (unpaired) electrons. The zero-order valence-electron chi connectivity index (χ0n) is 32.3. The molecule has 3 fully saturated rings. The lowest BCUT2D eigenvalue weighted by Crippen LogP contribution is -2.48. The Hall–Kier alpha value is -4.00. The minimum atomic E-state index is -3.85. The quantitative estimate of drug-likeness (QED) is 0.240. The molecule has 0 spiro atoms. The molecule has 0 unspecified atom stereocenters. The lowest BCUT2D eigenvalue weighted by molar-refractivity contribution is -0.160. The van der Waals surface area contributed by atoms with E-state index >= 15 is 0 Å². The summed E-state index contributed by atoms with van der Waals surface area (Å²) in [6.45, 7) is 9.57. The van der Waals surface area contributed by atoms with Gasteiger partial charge in [-0.15, -0.1) is 0 Å². The molecule has 6 rings (SSSR count). The summed E-state index contributed by atoms with van der Waals surface area (Å²) in [5, 5.41) is 0.988. The minimum Gasteiger partial charge on any atom is -0.481 e. The number of hydrogen-bond donors (Lipinski definition) is 1. The smallest absolute Gasteiger partial charge is 0.307 e. The van der Waals surface area contributed by atoms with Crippen molar-refractivity contribution < 1.29 is 41.8 Å². The number of methoxy groups -OCH3 is 1. The molecule has 1 aromatic heterocycles. The van der Waals surface area contributed by atoms with E-state index in [2.05, 4.69) is 16.6 Å². The second-order valence-electron chi connectivity index (χ2n) is 16.9. The SMILES string of the molecule is CC[C@@H]1C[C@@H](C)CC/C=C\[C@@H]2C[C@@]2(C(=O)NS(=O)(=O)C2CC2)CC(=O)[C@@H]2C[C@@H](Oc3nc(OC)cc4ccccc34)CN2C(=O)[C@H]1CC(=O)OC(C)(C)C. The third-order valence-corrected chi connectivity index (χ3v) is 13.3. The highest BCUT2D eigenvalue weighted by Crippen LogP contribution is 2.57. The number of Topliss-reactive ketones (excluding diaryl/α,β-unsaturated/α-hetero) is 1. The van der Waals surface area contributed by atoms with Crippen molar-refractivity contribution >= 4 is 44.4 Å². The summed E-state index contributed by atoms with van der Waals surface area (Å²) < 4.78 is 45.9. The van der Waals surface area contributed by atoms with Crippen LogP contribution in [0.4, 0.5) is 0 Å². The standard InChI is InChI=1S/C41H55N3O9S/c1-7-26-18-25(2)12-8-10-14-28-22-41(28,39(48)43-54(49,50)30-16-17-30)23-34(45)33-20-29(24-44(33)38(47)32(26)21-36(46)53-40(3,4)5)52-37-31-15-11-9-13-27(31)19-35(42-37)51-6/h9-11,13-15,19,25-26,28-30,32-33H,7-8,12,16-18,20-24H2,1-6H3,(H,43,48)/b14-10-/t25-,26+,28+,29+,32-,33-,41+/m0/s1. The first-order valence-corrected chi connectivity index (χ1v) is 21.0. The first kappa shape index (κ1) is 39.7. The molecular weight excluding hydrogens is 711 g/mol. The van der Waals surface area contributed by atoms with Gasteiger partial charge in [0.05, 0.1) is 42.7 Å². The number of esters is 1. The number of aromatic nitrogens is 1. The highest BCUT2D eigenvalue weighted by atomic mass is 32.2. The molecule has 2 amide bonds. The molecule has 2 saturated carbocycles. The molecule has 1 saturated heterocycles. The van der Waals surface area contributed by atoms with Crippen LogP contribution in [-0.2, 0) is 33.9 Å². The van der Waals surface area contributed by atoms with Crippen LogP contribution in [0.1, 0.15) is 98.8 Å². The third kappa shape index (κ3) is 8.92. The summed E-state index contributed by atoms with van der Waals surface area (Å²) in [6, 6.07) is 8.39. The van der Waals surface area contributed by atoms with E-state index < -0.39 is 56.2 Å². The molecule has 3 heterocycles. The lowest BCUT2D eigenvalue weighted by Gasteiger charge is -2.33. The van der Waals surface area contributed by atoms with E-state index in [4.69, 9.17) is 14.2 Å². The third-order valence-electron chi connectivity index (χ3n) is 11.5. The van der Waals surface area contributed by atoms with Crippen LogP contribution < -0.4 is 14.2 Å². The van der Waals surface area contributed by atoms with Gasteiger partial charge in [-0.25, -0.2) is 8.42 Å². The molecular formula is C41H55N3O9S. The van der Waals surface area contributed by atoms with Crippen LogP contribution in [0.2, 0.25) is 0 Å². The van der Waals surface area contributed by atoms with E-state index in [1.807, 2.05) is 43.3 Å². The lowest BCUT2D eigenvalue weighted by atomic mass is 9.79. The monoisotopic (exact) mass is 765 g/mol. The molecule has 7 atom stereocenters. The van der Waals surface area contributed by atoms with Crippen molar-refractivity contribution in [2.45, 2.75) is 122 Å². The van der Waals surface area contributed by atoms with Gasteiger partial charge in [-0.05, 0) is 88.5 Å². The number of benzene rings is 1. The van der Waals surface area contributed by atoms with E-state index in [0.29, 0.717) is 43.9 Å². The summed E-state index contributed by atoms with van der Waals surface area (Å²) in [7, 11) is -2.34. The predicted octanol–water partition coefficient (Wildman–Crippen LogP) is 5.92. The molecule has 54 heavy (non-hydrogen) atoms. The number of ketones is 1. The van der Waals surface area contributed by atoms with Crippen LogP contribution >= 0.6 is 0 Å². The molecule has 294 valence electrons. The van der Waals surface area contributed by atoms with E-state index in [1.165, 1.54) is 12.0 Å². The number of amides is 2. The molecule has 2 aliphatic heterocycles. The number of carbonyl (C=O) groups is 4. The normalized spacial score (nSPS) is 30.0. The summed E-state index contributed by atoms with van der Waals surface area (Å²) in [5.74, 6) is -2.19. The number of carbonyl (C=O) groups excluding carboxylic acids is 4. The van der Waals surface area contributed by atoms with Crippen LogP contribution in [0.3, 0.4) is 0 Å². The Morgan fingerprint density at radius 1 is 1.09 bits per heavy atom. The topological polar surface area (TPSA) is 158 Å². The van der Waals surface area contributed by atoms with Gasteiger partial charge in [-0.3, -0.25) is 23.9 Å². The Bertz CT molecular complexity index is 1900. The zero-order chi connectivity index (χ0) is 39.0. The number of sulfonamides is 1. The Balaban J connectivity index is 1.37. The molecule has 12 nitrogen and oxygen atoms in total. The van der Waals surface area contributed by atoms with Crippen molar-refractivity contribution in [1.82, 2.24) is 14.6 Å². The molecule has 2 aliphatic carbocycles. The van der Waals surface area contributed by atoms with E-state index in [-0.39, 0.29) is 55.3 Å². The number of hydrogen-bond acceptors (Lipinski definition) is 10.